The molecule has 0 spiro atoms. The van der Waals surface area contributed by atoms with E-state index in [1.54, 1.807) is 33.7 Å². The quantitative estimate of drug-likeness (QED) is 0.498. The number of piperidine rings is 1. The highest BCUT2D eigenvalue weighted by molar-refractivity contribution is 5.84. The van der Waals surface area contributed by atoms with Crippen molar-refractivity contribution in [2.24, 2.45) is 0 Å². The summed E-state index contributed by atoms with van der Waals surface area (Å²) in [6.07, 6.45) is 5.15. The Balaban J connectivity index is 1.58. The Morgan fingerprint density at radius 1 is 1.06 bits per heavy atom. The maximum atomic E-state index is 13.6. The van der Waals surface area contributed by atoms with Crippen molar-refractivity contribution in [3.05, 3.63) is 71.4 Å². The maximum absolute atomic E-state index is 13.6. The number of nitrogens with zero attached hydrogens (tertiary/aromatic N) is 6. The van der Waals surface area contributed by atoms with Crippen molar-refractivity contribution in [1.29, 1.82) is 5.26 Å². The predicted octanol–water partition coefficient (Wildman–Crippen LogP) is 3.07. The molecule has 0 amide bonds. The fourth-order valence-electron chi connectivity index (χ4n) is 4.18. The van der Waals surface area contributed by atoms with Gasteiger partial charge in [-0.15, -0.1) is 0 Å². The predicted molar refractivity (Wildman–Crippen MR) is 120 cm³/mol. The van der Waals surface area contributed by atoms with E-state index < -0.39 is 0 Å². The van der Waals surface area contributed by atoms with Gasteiger partial charge in [0.2, 0.25) is 0 Å². The van der Waals surface area contributed by atoms with E-state index in [1.807, 2.05) is 30.3 Å². The van der Waals surface area contributed by atoms with Crippen LogP contribution in [0.2, 0.25) is 0 Å². The third kappa shape index (κ3) is 3.41. The Morgan fingerprint density at radius 3 is 2.56 bits per heavy atom. The number of imidazole rings is 1. The summed E-state index contributed by atoms with van der Waals surface area (Å²) in [5.41, 5.74) is 7.49. The zero-order valence-corrected chi connectivity index (χ0v) is 17.3. The summed E-state index contributed by atoms with van der Waals surface area (Å²) < 4.78 is 9.03. The molecule has 0 aliphatic carbocycles. The monoisotopic (exact) mass is 427 g/mol. The number of nitrogens with two attached hydrogens (primary N) is 1. The van der Waals surface area contributed by atoms with Crippen molar-refractivity contribution >= 4 is 17.0 Å². The largest absolute Gasteiger partial charge is 0.457 e. The number of ether oxygens (including phenoxy) is 1. The normalized spacial score (nSPS) is 16.1. The fraction of sp³-hybridized carbons (Fsp3) is 0.217. The fourth-order valence-corrected chi connectivity index (χ4v) is 4.18. The molecule has 1 saturated heterocycles. The van der Waals surface area contributed by atoms with E-state index in [2.05, 4.69) is 16.2 Å². The number of nitriles is 1. The van der Waals surface area contributed by atoms with E-state index in [-0.39, 0.29) is 17.5 Å². The van der Waals surface area contributed by atoms with Crippen LogP contribution in [0.4, 0.5) is 5.82 Å². The van der Waals surface area contributed by atoms with Gasteiger partial charge in [-0.05, 0) is 49.2 Å². The minimum atomic E-state index is -0.256. The lowest BCUT2D eigenvalue weighted by molar-refractivity contribution is 0.244. The molecule has 9 heteroatoms. The Bertz CT molecular complexity index is 1350. The number of anilines is 1. The second-order valence-corrected chi connectivity index (χ2v) is 7.67. The van der Waals surface area contributed by atoms with Crippen LogP contribution in [0.3, 0.4) is 0 Å². The van der Waals surface area contributed by atoms with Crippen LogP contribution in [0.15, 0.2) is 65.7 Å². The summed E-state index contributed by atoms with van der Waals surface area (Å²) >= 11 is 0. The number of fused-ring (bicyclic) bond motifs is 1. The number of aromatic nitrogens is 4. The molecule has 0 saturated carbocycles. The molecule has 1 aliphatic rings. The SMILES string of the molecule is N#CN1CCCC(n2c(=O)n(-c3ccc(Oc4ccccc4)cc3)c3c(N)ncnc32)C1. The van der Waals surface area contributed by atoms with Gasteiger partial charge in [0.1, 0.15) is 23.3 Å². The van der Waals surface area contributed by atoms with Crippen LogP contribution in [-0.4, -0.2) is 37.1 Å². The highest BCUT2D eigenvalue weighted by atomic mass is 16.5. The van der Waals surface area contributed by atoms with Gasteiger partial charge >= 0.3 is 5.69 Å². The van der Waals surface area contributed by atoms with Crippen molar-refractivity contribution in [2.45, 2.75) is 18.9 Å². The smallest absolute Gasteiger partial charge is 0.335 e. The summed E-state index contributed by atoms with van der Waals surface area (Å²) in [4.78, 5) is 23.7. The van der Waals surface area contributed by atoms with E-state index in [0.29, 0.717) is 35.7 Å². The molecule has 2 aromatic carbocycles. The van der Waals surface area contributed by atoms with Crippen LogP contribution in [0.5, 0.6) is 11.5 Å². The van der Waals surface area contributed by atoms with Crippen LogP contribution < -0.4 is 16.2 Å². The number of benzene rings is 2. The molecule has 2 N–H and O–H groups in total. The van der Waals surface area contributed by atoms with Gasteiger partial charge in [0.15, 0.2) is 17.7 Å². The number of nitrogen functional groups attached to an aromatic ring is 1. The highest BCUT2D eigenvalue weighted by Gasteiger charge is 2.27. The Hall–Kier alpha value is -4.32. The lowest BCUT2D eigenvalue weighted by Gasteiger charge is -2.29. The van der Waals surface area contributed by atoms with Crippen molar-refractivity contribution in [1.82, 2.24) is 24.0 Å². The number of hydrogen-bond donors (Lipinski definition) is 1. The first-order chi connectivity index (χ1) is 15.7. The maximum Gasteiger partial charge on any atom is 0.335 e. The van der Waals surface area contributed by atoms with Crippen molar-refractivity contribution in [2.75, 3.05) is 18.8 Å². The lowest BCUT2D eigenvalue weighted by Crippen LogP contribution is -2.37. The van der Waals surface area contributed by atoms with Gasteiger partial charge in [-0.2, -0.15) is 5.26 Å². The van der Waals surface area contributed by atoms with Crippen molar-refractivity contribution in [3.8, 4) is 23.4 Å². The van der Waals surface area contributed by atoms with Gasteiger partial charge in [0.25, 0.3) is 0 Å². The van der Waals surface area contributed by atoms with Crippen molar-refractivity contribution < 1.29 is 4.74 Å². The minimum absolute atomic E-state index is 0.172. The molecule has 1 unspecified atom stereocenters. The molecule has 32 heavy (non-hydrogen) atoms. The molecule has 4 aromatic rings. The number of rotatable bonds is 4. The molecule has 5 rings (SSSR count). The van der Waals surface area contributed by atoms with E-state index in [0.717, 1.165) is 18.6 Å². The van der Waals surface area contributed by atoms with Crippen LogP contribution in [-0.2, 0) is 0 Å². The summed E-state index contributed by atoms with van der Waals surface area (Å²) in [6, 6.07) is 16.5. The first kappa shape index (κ1) is 19.6. The first-order valence-corrected chi connectivity index (χ1v) is 10.4. The van der Waals surface area contributed by atoms with Gasteiger partial charge in [-0.1, -0.05) is 18.2 Å². The Labute approximate surface area is 183 Å². The average molecular weight is 427 g/mol. The molecule has 2 aromatic heterocycles. The number of likely N-dealkylation sites (tertiary alicyclic amines) is 1. The summed E-state index contributed by atoms with van der Waals surface area (Å²) in [6.45, 7) is 1.16. The van der Waals surface area contributed by atoms with E-state index in [9.17, 15) is 10.1 Å². The van der Waals surface area contributed by atoms with Crippen LogP contribution in [0.1, 0.15) is 18.9 Å². The zero-order chi connectivity index (χ0) is 22.1. The Morgan fingerprint density at radius 2 is 1.81 bits per heavy atom. The van der Waals surface area contributed by atoms with Crippen LogP contribution in [0.25, 0.3) is 16.9 Å². The molecule has 0 radical (unpaired) electrons. The van der Waals surface area contributed by atoms with Gasteiger partial charge in [-0.3, -0.25) is 9.13 Å². The zero-order valence-electron chi connectivity index (χ0n) is 17.3. The van der Waals surface area contributed by atoms with Crippen molar-refractivity contribution in [3.63, 3.8) is 0 Å². The first-order valence-electron chi connectivity index (χ1n) is 10.4. The van der Waals surface area contributed by atoms with Gasteiger partial charge in [0, 0.05) is 13.1 Å². The molecule has 0 bridgehead atoms. The topological polar surface area (TPSA) is 115 Å². The van der Waals surface area contributed by atoms with Gasteiger partial charge in [0.05, 0.1) is 11.7 Å². The molecule has 1 aliphatic heterocycles. The molecule has 1 atom stereocenters. The second kappa shape index (κ2) is 8.07. The number of para-hydroxylation sites is 1. The minimum Gasteiger partial charge on any atom is -0.457 e. The molecular formula is C23H21N7O2. The standard InChI is InChI=1S/C23H21N7O2/c24-14-28-12-4-5-17(13-28)30-22-20(21(25)26-15-27-22)29(23(30)31)16-8-10-19(11-9-16)32-18-6-2-1-3-7-18/h1-3,6-11,15,17H,4-5,12-13H2,(H2,25,26,27). The second-order valence-electron chi connectivity index (χ2n) is 7.67. The van der Waals surface area contributed by atoms with E-state index in [1.165, 1.54) is 10.9 Å². The lowest BCUT2D eigenvalue weighted by atomic mass is 10.1. The van der Waals surface area contributed by atoms with E-state index >= 15 is 0 Å². The third-order valence-electron chi connectivity index (χ3n) is 5.66. The van der Waals surface area contributed by atoms with Gasteiger partial charge < -0.3 is 15.4 Å². The van der Waals surface area contributed by atoms with Gasteiger partial charge in [-0.25, -0.2) is 14.8 Å². The Kier molecular flexibility index (Phi) is 4.95. The number of hydrogen-bond acceptors (Lipinski definition) is 7. The molecule has 3 heterocycles. The summed E-state index contributed by atoms with van der Waals surface area (Å²) in [7, 11) is 0. The third-order valence-corrected chi connectivity index (χ3v) is 5.66. The highest BCUT2D eigenvalue weighted by Crippen LogP contribution is 2.28. The summed E-state index contributed by atoms with van der Waals surface area (Å²) in [5, 5.41) is 9.32. The molecular weight excluding hydrogens is 406 g/mol. The molecule has 9 nitrogen and oxygen atoms in total. The molecule has 1 fully saturated rings. The average Bonchev–Trinajstić information content (AvgIpc) is 3.13. The van der Waals surface area contributed by atoms with Crippen LogP contribution >= 0.6 is 0 Å². The molecule has 160 valence electrons. The van der Waals surface area contributed by atoms with Crippen LogP contribution in [0, 0.1) is 11.5 Å². The summed E-state index contributed by atoms with van der Waals surface area (Å²) in [5.74, 6) is 1.60. The van der Waals surface area contributed by atoms with E-state index in [4.69, 9.17) is 10.5 Å².